The molecule has 84 valence electrons. The number of ketones is 1. The molecule has 0 amide bonds. The highest BCUT2D eigenvalue weighted by Gasteiger charge is 2.10. The van der Waals surface area contributed by atoms with E-state index >= 15 is 0 Å². The summed E-state index contributed by atoms with van der Waals surface area (Å²) in [6.07, 6.45) is 1.02. The second-order valence-electron chi connectivity index (χ2n) is 3.75. The van der Waals surface area contributed by atoms with Gasteiger partial charge in [0.15, 0.2) is 5.76 Å². The molecule has 3 heteroatoms. The Bertz CT molecular complexity index is 454. The van der Waals surface area contributed by atoms with Crippen LogP contribution in [0.3, 0.4) is 0 Å². The Labute approximate surface area is 94.4 Å². The molecule has 1 heterocycles. The lowest BCUT2D eigenvalue weighted by atomic mass is 10.2. The van der Waals surface area contributed by atoms with E-state index in [4.69, 9.17) is 4.42 Å². The first-order valence-electron chi connectivity index (χ1n) is 5.53. The topological polar surface area (TPSA) is 42.2 Å². The van der Waals surface area contributed by atoms with Crippen molar-refractivity contribution in [1.29, 1.82) is 0 Å². The lowest BCUT2D eigenvalue weighted by molar-refractivity contribution is 0.0967. The zero-order valence-corrected chi connectivity index (χ0v) is 9.32. The van der Waals surface area contributed by atoms with Gasteiger partial charge >= 0.3 is 0 Å². The van der Waals surface area contributed by atoms with E-state index in [-0.39, 0.29) is 5.78 Å². The summed E-state index contributed by atoms with van der Waals surface area (Å²) in [5, 5.41) is 4.04. The number of Topliss-reactive ketones (excluding diaryl/α,β-unsaturated/α-hetero) is 1. The fourth-order valence-corrected chi connectivity index (χ4v) is 1.59. The van der Waals surface area contributed by atoms with Crippen LogP contribution in [-0.4, -0.2) is 18.9 Å². The Morgan fingerprint density at radius 3 is 2.94 bits per heavy atom. The minimum atomic E-state index is 0.00431. The van der Waals surface area contributed by atoms with Crippen LogP contribution in [0.2, 0.25) is 0 Å². The molecule has 0 atom stereocenters. The number of para-hydroxylation sites is 1. The van der Waals surface area contributed by atoms with E-state index in [1.165, 1.54) is 0 Å². The maximum absolute atomic E-state index is 11.7. The summed E-state index contributed by atoms with van der Waals surface area (Å²) in [6.45, 7) is 3.26. The number of carbonyl (C=O) groups excluding carboxylic acids is 1. The summed E-state index contributed by atoms with van der Waals surface area (Å²) in [5.74, 6) is 0.439. The van der Waals surface area contributed by atoms with Gasteiger partial charge in [-0.2, -0.15) is 0 Å². The minimum absolute atomic E-state index is 0.00431. The van der Waals surface area contributed by atoms with Crippen LogP contribution in [0, 0.1) is 0 Å². The fourth-order valence-electron chi connectivity index (χ4n) is 1.59. The average Bonchev–Trinajstić information content (AvgIpc) is 2.73. The van der Waals surface area contributed by atoms with Crippen molar-refractivity contribution in [1.82, 2.24) is 5.32 Å². The molecule has 1 aromatic carbocycles. The number of hydrogen-bond donors (Lipinski definition) is 1. The van der Waals surface area contributed by atoms with Crippen molar-refractivity contribution in [3.8, 4) is 0 Å². The third kappa shape index (κ3) is 2.31. The molecule has 0 saturated carbocycles. The Morgan fingerprint density at radius 2 is 2.19 bits per heavy atom. The van der Waals surface area contributed by atoms with Crippen molar-refractivity contribution in [2.75, 3.05) is 13.1 Å². The van der Waals surface area contributed by atoms with Crippen molar-refractivity contribution >= 4 is 16.8 Å². The lowest BCUT2D eigenvalue weighted by Crippen LogP contribution is -2.23. The van der Waals surface area contributed by atoms with Crippen LogP contribution in [0.15, 0.2) is 34.7 Å². The molecule has 0 bridgehead atoms. The molecule has 0 radical (unpaired) electrons. The smallest absolute Gasteiger partial charge is 0.211 e. The fraction of sp³-hybridized carbons (Fsp3) is 0.308. The van der Waals surface area contributed by atoms with Gasteiger partial charge in [-0.3, -0.25) is 4.79 Å². The van der Waals surface area contributed by atoms with Crippen LogP contribution in [0.5, 0.6) is 0 Å². The van der Waals surface area contributed by atoms with Crippen LogP contribution >= 0.6 is 0 Å². The lowest BCUT2D eigenvalue weighted by Gasteiger charge is -1.98. The van der Waals surface area contributed by atoms with Gasteiger partial charge in [0.2, 0.25) is 5.78 Å². The van der Waals surface area contributed by atoms with Gasteiger partial charge in [0.05, 0.1) is 6.54 Å². The Morgan fingerprint density at radius 1 is 1.38 bits per heavy atom. The molecule has 1 aromatic heterocycles. The molecular formula is C13H15NO2. The summed E-state index contributed by atoms with van der Waals surface area (Å²) >= 11 is 0. The summed E-state index contributed by atoms with van der Waals surface area (Å²) < 4.78 is 5.47. The van der Waals surface area contributed by atoms with Gasteiger partial charge in [0.1, 0.15) is 5.58 Å². The molecule has 0 saturated heterocycles. The van der Waals surface area contributed by atoms with E-state index in [0.717, 1.165) is 23.9 Å². The Kier molecular flexibility index (Phi) is 3.37. The largest absolute Gasteiger partial charge is 0.453 e. The number of fused-ring (bicyclic) bond motifs is 1. The molecule has 0 spiro atoms. The summed E-state index contributed by atoms with van der Waals surface area (Å²) in [7, 11) is 0. The normalized spacial score (nSPS) is 10.8. The molecule has 0 unspecified atom stereocenters. The zero-order chi connectivity index (χ0) is 11.4. The molecule has 0 aliphatic rings. The van der Waals surface area contributed by atoms with Crippen molar-refractivity contribution in [3.05, 3.63) is 36.1 Å². The van der Waals surface area contributed by atoms with Crippen molar-refractivity contribution in [3.63, 3.8) is 0 Å². The first-order chi connectivity index (χ1) is 7.81. The maximum Gasteiger partial charge on any atom is 0.211 e. The maximum atomic E-state index is 11.7. The molecule has 2 aromatic rings. The number of rotatable bonds is 5. The first-order valence-corrected chi connectivity index (χ1v) is 5.53. The quantitative estimate of drug-likeness (QED) is 0.618. The number of hydrogen-bond acceptors (Lipinski definition) is 3. The van der Waals surface area contributed by atoms with Crippen LogP contribution in [0.25, 0.3) is 11.0 Å². The Balaban J connectivity index is 2.11. The standard InChI is InChI=1S/C13H15NO2/c1-2-7-14-9-11(15)13-8-10-5-3-4-6-12(10)16-13/h3-6,8,14H,2,7,9H2,1H3. The number of benzene rings is 1. The van der Waals surface area contributed by atoms with Crippen LogP contribution < -0.4 is 5.32 Å². The molecule has 0 aliphatic carbocycles. The van der Waals surface area contributed by atoms with Crippen molar-refractivity contribution < 1.29 is 9.21 Å². The van der Waals surface area contributed by atoms with Crippen molar-refractivity contribution in [2.45, 2.75) is 13.3 Å². The second-order valence-corrected chi connectivity index (χ2v) is 3.75. The number of carbonyl (C=O) groups is 1. The molecule has 0 fully saturated rings. The summed E-state index contributed by atoms with van der Waals surface area (Å²) in [5.41, 5.74) is 0.765. The van der Waals surface area contributed by atoms with Crippen LogP contribution in [-0.2, 0) is 0 Å². The molecule has 3 nitrogen and oxygen atoms in total. The van der Waals surface area contributed by atoms with Gasteiger partial charge in [-0.25, -0.2) is 0 Å². The third-order valence-corrected chi connectivity index (χ3v) is 2.41. The predicted molar refractivity (Wildman–Crippen MR) is 63.7 cm³/mol. The molecule has 2 rings (SSSR count). The highest BCUT2D eigenvalue weighted by atomic mass is 16.3. The highest BCUT2D eigenvalue weighted by Crippen LogP contribution is 2.18. The minimum Gasteiger partial charge on any atom is -0.453 e. The van der Waals surface area contributed by atoms with E-state index in [2.05, 4.69) is 12.2 Å². The van der Waals surface area contributed by atoms with Gasteiger partial charge in [-0.05, 0) is 25.1 Å². The average molecular weight is 217 g/mol. The number of furan rings is 1. The molecular weight excluding hydrogens is 202 g/mol. The summed E-state index contributed by atoms with van der Waals surface area (Å²) in [6, 6.07) is 9.43. The molecule has 1 N–H and O–H groups in total. The van der Waals surface area contributed by atoms with Gasteiger partial charge in [0, 0.05) is 5.39 Å². The molecule has 0 aliphatic heterocycles. The molecule has 16 heavy (non-hydrogen) atoms. The van der Waals surface area contributed by atoms with Crippen LogP contribution in [0.1, 0.15) is 23.9 Å². The van der Waals surface area contributed by atoms with E-state index in [9.17, 15) is 4.79 Å². The Hall–Kier alpha value is -1.61. The van der Waals surface area contributed by atoms with Crippen LogP contribution in [0.4, 0.5) is 0 Å². The highest BCUT2D eigenvalue weighted by molar-refractivity contribution is 5.98. The van der Waals surface area contributed by atoms with Gasteiger partial charge in [-0.1, -0.05) is 25.1 Å². The SMILES string of the molecule is CCCNCC(=O)c1cc2ccccc2o1. The van der Waals surface area contributed by atoms with Crippen molar-refractivity contribution in [2.24, 2.45) is 0 Å². The van der Waals surface area contributed by atoms with Gasteiger partial charge in [0.25, 0.3) is 0 Å². The van der Waals surface area contributed by atoms with E-state index in [0.29, 0.717) is 12.3 Å². The monoisotopic (exact) mass is 217 g/mol. The van der Waals surface area contributed by atoms with Gasteiger partial charge in [-0.15, -0.1) is 0 Å². The summed E-state index contributed by atoms with van der Waals surface area (Å²) in [4.78, 5) is 11.7. The number of nitrogens with one attached hydrogen (secondary N) is 1. The van der Waals surface area contributed by atoms with E-state index < -0.39 is 0 Å². The predicted octanol–water partition coefficient (Wildman–Crippen LogP) is 2.62. The zero-order valence-electron chi connectivity index (χ0n) is 9.32. The van der Waals surface area contributed by atoms with E-state index in [1.54, 1.807) is 6.07 Å². The van der Waals surface area contributed by atoms with E-state index in [1.807, 2.05) is 24.3 Å². The second kappa shape index (κ2) is 4.94. The third-order valence-electron chi connectivity index (χ3n) is 2.41. The first kappa shape index (κ1) is 10.9. The van der Waals surface area contributed by atoms with Gasteiger partial charge < -0.3 is 9.73 Å².